The van der Waals surface area contributed by atoms with Gasteiger partial charge in [-0.2, -0.15) is 0 Å². The van der Waals surface area contributed by atoms with E-state index in [0.29, 0.717) is 12.5 Å². The van der Waals surface area contributed by atoms with Crippen LogP contribution in [-0.4, -0.2) is 12.6 Å². The summed E-state index contributed by atoms with van der Waals surface area (Å²) in [6.45, 7) is 5.05. The normalized spacial score (nSPS) is 17.6. The molecule has 1 aliphatic carbocycles. The van der Waals surface area contributed by atoms with Gasteiger partial charge in [-0.05, 0) is 31.6 Å². The number of carbonyl (C=O) groups is 1. The van der Waals surface area contributed by atoms with Crippen LogP contribution in [0.15, 0.2) is 0 Å². The van der Waals surface area contributed by atoms with E-state index in [-0.39, 0.29) is 11.9 Å². The van der Waals surface area contributed by atoms with Gasteiger partial charge in [-0.1, -0.05) is 71.6 Å². The Balaban J connectivity index is 2.19. The van der Waals surface area contributed by atoms with E-state index < -0.39 is 0 Å². The summed E-state index contributed by atoms with van der Waals surface area (Å²) in [4.78, 5) is 12.3. The van der Waals surface area contributed by atoms with Gasteiger partial charge in [0, 0.05) is 0 Å². The van der Waals surface area contributed by atoms with Crippen LogP contribution in [0.1, 0.15) is 97.3 Å². The highest BCUT2D eigenvalue weighted by molar-refractivity contribution is 5.72. The van der Waals surface area contributed by atoms with Crippen molar-refractivity contribution in [3.8, 4) is 0 Å². The predicted molar refractivity (Wildman–Crippen MR) is 89.3 cm³/mol. The predicted octanol–water partition coefficient (Wildman–Crippen LogP) is 5.89. The average Bonchev–Trinajstić information content (AvgIpc) is 2.52. The van der Waals surface area contributed by atoms with Crippen LogP contribution in [0.25, 0.3) is 0 Å². The molecular weight excluding hydrogens is 260 g/mol. The molecule has 2 heteroatoms. The van der Waals surface area contributed by atoms with Gasteiger partial charge in [-0.25, -0.2) is 0 Å². The number of carbonyl (C=O) groups excluding carboxylic acids is 1. The fourth-order valence-corrected chi connectivity index (χ4v) is 3.56. The zero-order valence-electron chi connectivity index (χ0n) is 14.4. The van der Waals surface area contributed by atoms with Gasteiger partial charge in [0.05, 0.1) is 12.5 Å². The Hall–Kier alpha value is -0.530. The number of esters is 1. The fraction of sp³-hybridized carbons (Fsp3) is 0.947. The molecule has 1 unspecified atom stereocenters. The standard InChI is InChI=1S/C19H36O2/c1-3-5-6-7-8-12-16-21-19(20)18(13-4-2)17-14-10-9-11-15-17/h17-18H,3-16H2,1-2H3. The van der Waals surface area contributed by atoms with E-state index in [0.717, 1.165) is 19.3 Å². The highest BCUT2D eigenvalue weighted by Gasteiger charge is 2.29. The second-order valence-electron chi connectivity index (χ2n) is 6.73. The molecule has 0 amide bonds. The molecule has 0 N–H and O–H groups in total. The maximum absolute atomic E-state index is 12.3. The van der Waals surface area contributed by atoms with Crippen molar-refractivity contribution in [3.63, 3.8) is 0 Å². The number of rotatable bonds is 11. The molecule has 1 saturated carbocycles. The second kappa shape index (κ2) is 12.1. The van der Waals surface area contributed by atoms with E-state index >= 15 is 0 Å². The minimum absolute atomic E-state index is 0.0947. The third kappa shape index (κ3) is 7.87. The lowest BCUT2D eigenvalue weighted by molar-refractivity contribution is -0.151. The van der Waals surface area contributed by atoms with Gasteiger partial charge in [0.1, 0.15) is 0 Å². The molecule has 0 radical (unpaired) electrons. The van der Waals surface area contributed by atoms with Gasteiger partial charge in [0.2, 0.25) is 0 Å². The summed E-state index contributed by atoms with van der Waals surface area (Å²) < 4.78 is 5.58. The van der Waals surface area contributed by atoms with Crippen LogP contribution >= 0.6 is 0 Å². The zero-order valence-corrected chi connectivity index (χ0v) is 14.4. The molecular formula is C19H36O2. The van der Waals surface area contributed by atoms with E-state index in [1.807, 2.05) is 0 Å². The summed E-state index contributed by atoms with van der Waals surface area (Å²) in [6.07, 6.45) is 16.0. The SMILES string of the molecule is CCCCCCCCOC(=O)C(CCC)C1CCCCC1. The van der Waals surface area contributed by atoms with Crippen molar-refractivity contribution in [2.75, 3.05) is 6.61 Å². The molecule has 21 heavy (non-hydrogen) atoms. The quantitative estimate of drug-likeness (QED) is 0.351. The fourth-order valence-electron chi connectivity index (χ4n) is 3.56. The Morgan fingerprint density at radius 2 is 1.62 bits per heavy atom. The first-order valence-corrected chi connectivity index (χ1v) is 9.46. The topological polar surface area (TPSA) is 26.3 Å². The number of unbranched alkanes of at least 4 members (excludes halogenated alkanes) is 5. The molecule has 0 bridgehead atoms. The summed E-state index contributed by atoms with van der Waals surface area (Å²) in [6, 6.07) is 0. The van der Waals surface area contributed by atoms with Crippen LogP contribution in [0, 0.1) is 11.8 Å². The lowest BCUT2D eigenvalue weighted by Crippen LogP contribution is -2.27. The van der Waals surface area contributed by atoms with Crippen molar-refractivity contribution in [1.29, 1.82) is 0 Å². The molecule has 1 rings (SSSR count). The molecule has 0 aromatic rings. The van der Waals surface area contributed by atoms with Crippen molar-refractivity contribution in [3.05, 3.63) is 0 Å². The van der Waals surface area contributed by atoms with Gasteiger partial charge in [0.15, 0.2) is 0 Å². The maximum atomic E-state index is 12.3. The average molecular weight is 296 g/mol. The van der Waals surface area contributed by atoms with Crippen molar-refractivity contribution in [2.24, 2.45) is 11.8 Å². The molecule has 2 nitrogen and oxygen atoms in total. The highest BCUT2D eigenvalue weighted by atomic mass is 16.5. The van der Waals surface area contributed by atoms with Gasteiger partial charge < -0.3 is 4.74 Å². The number of ether oxygens (including phenoxy) is 1. The van der Waals surface area contributed by atoms with Crippen LogP contribution < -0.4 is 0 Å². The van der Waals surface area contributed by atoms with Gasteiger partial charge in [-0.3, -0.25) is 4.79 Å². The molecule has 0 heterocycles. The van der Waals surface area contributed by atoms with Crippen LogP contribution in [0.2, 0.25) is 0 Å². The lowest BCUT2D eigenvalue weighted by atomic mass is 9.78. The van der Waals surface area contributed by atoms with E-state index in [9.17, 15) is 4.79 Å². The van der Waals surface area contributed by atoms with E-state index in [2.05, 4.69) is 13.8 Å². The van der Waals surface area contributed by atoms with Crippen molar-refractivity contribution < 1.29 is 9.53 Å². The zero-order chi connectivity index (χ0) is 15.3. The first kappa shape index (κ1) is 18.5. The molecule has 0 spiro atoms. The summed E-state index contributed by atoms with van der Waals surface area (Å²) in [5.41, 5.74) is 0. The molecule has 0 aromatic heterocycles. The van der Waals surface area contributed by atoms with Crippen molar-refractivity contribution in [2.45, 2.75) is 97.3 Å². The molecule has 1 aliphatic rings. The summed E-state index contributed by atoms with van der Waals surface area (Å²) in [5, 5.41) is 0. The maximum Gasteiger partial charge on any atom is 0.309 e. The number of hydrogen-bond donors (Lipinski definition) is 0. The molecule has 1 fully saturated rings. The number of hydrogen-bond acceptors (Lipinski definition) is 2. The molecule has 1 atom stereocenters. The Bertz CT molecular complexity index is 256. The van der Waals surface area contributed by atoms with Gasteiger partial charge in [0.25, 0.3) is 0 Å². The first-order chi connectivity index (χ1) is 10.3. The first-order valence-electron chi connectivity index (χ1n) is 9.46. The minimum atomic E-state index is 0.0947. The smallest absolute Gasteiger partial charge is 0.309 e. The summed E-state index contributed by atoms with van der Waals surface area (Å²) in [5.74, 6) is 0.864. The summed E-state index contributed by atoms with van der Waals surface area (Å²) in [7, 11) is 0. The molecule has 0 aromatic carbocycles. The molecule has 0 aliphatic heterocycles. The third-order valence-corrected chi connectivity index (χ3v) is 4.86. The van der Waals surface area contributed by atoms with Crippen LogP contribution in [-0.2, 0) is 9.53 Å². The van der Waals surface area contributed by atoms with Crippen LogP contribution in [0.5, 0.6) is 0 Å². The van der Waals surface area contributed by atoms with Crippen LogP contribution in [0.3, 0.4) is 0 Å². The Morgan fingerprint density at radius 3 is 2.29 bits per heavy atom. The second-order valence-corrected chi connectivity index (χ2v) is 6.73. The van der Waals surface area contributed by atoms with E-state index in [1.54, 1.807) is 0 Å². The van der Waals surface area contributed by atoms with E-state index in [4.69, 9.17) is 4.74 Å². The van der Waals surface area contributed by atoms with Crippen LogP contribution in [0.4, 0.5) is 0 Å². The van der Waals surface area contributed by atoms with Gasteiger partial charge >= 0.3 is 5.97 Å². The third-order valence-electron chi connectivity index (χ3n) is 4.86. The molecule has 0 saturated heterocycles. The molecule has 124 valence electrons. The largest absolute Gasteiger partial charge is 0.465 e. The van der Waals surface area contributed by atoms with Gasteiger partial charge in [-0.15, -0.1) is 0 Å². The minimum Gasteiger partial charge on any atom is -0.465 e. The lowest BCUT2D eigenvalue weighted by Gasteiger charge is -2.28. The Labute approximate surface area is 132 Å². The van der Waals surface area contributed by atoms with Crippen molar-refractivity contribution in [1.82, 2.24) is 0 Å². The van der Waals surface area contributed by atoms with E-state index in [1.165, 1.54) is 64.2 Å². The Kier molecular flexibility index (Phi) is 10.6. The van der Waals surface area contributed by atoms with Crippen molar-refractivity contribution >= 4 is 5.97 Å². The monoisotopic (exact) mass is 296 g/mol. The highest BCUT2D eigenvalue weighted by Crippen LogP contribution is 2.33. The summed E-state index contributed by atoms with van der Waals surface area (Å²) >= 11 is 0. The Morgan fingerprint density at radius 1 is 0.952 bits per heavy atom.